The second-order valence-corrected chi connectivity index (χ2v) is 9.54. The number of amides is 1. The van der Waals surface area contributed by atoms with Crippen LogP contribution in [0.5, 0.6) is 0 Å². The van der Waals surface area contributed by atoms with Crippen molar-refractivity contribution in [1.82, 2.24) is 10.2 Å². The van der Waals surface area contributed by atoms with Crippen molar-refractivity contribution >= 4 is 11.5 Å². The lowest BCUT2D eigenvalue weighted by Gasteiger charge is -2.40. The van der Waals surface area contributed by atoms with Crippen LogP contribution in [0, 0.1) is 5.41 Å². The predicted molar refractivity (Wildman–Crippen MR) is 111 cm³/mol. The Morgan fingerprint density at radius 3 is 2.50 bits per heavy atom. The van der Waals surface area contributed by atoms with Crippen molar-refractivity contribution in [2.24, 2.45) is 5.41 Å². The number of nitrogens with one attached hydrogen (secondary N) is 1. The van der Waals surface area contributed by atoms with Crippen LogP contribution in [0.4, 0.5) is 0 Å². The molecule has 0 unspecified atom stereocenters. The molecular weight excluding hydrogens is 320 g/mol. The quantitative estimate of drug-likeness (QED) is 0.853. The van der Waals surface area contributed by atoms with Crippen molar-refractivity contribution in [3.05, 3.63) is 41.5 Å². The summed E-state index contributed by atoms with van der Waals surface area (Å²) in [5, 5.41) is 3.08. The number of benzene rings is 1. The summed E-state index contributed by atoms with van der Waals surface area (Å²) in [5.41, 5.74) is 3.78. The van der Waals surface area contributed by atoms with Crippen LogP contribution >= 0.6 is 0 Å². The summed E-state index contributed by atoms with van der Waals surface area (Å²) in [6, 6.07) is 8.66. The minimum absolute atomic E-state index is 0. The normalized spacial score (nSPS) is 19.5. The van der Waals surface area contributed by atoms with Crippen molar-refractivity contribution in [2.45, 2.75) is 65.3 Å². The molecule has 1 N–H and O–H groups in total. The van der Waals surface area contributed by atoms with Crippen LogP contribution in [-0.2, 0) is 10.2 Å². The number of rotatable bonds is 4. The van der Waals surface area contributed by atoms with Crippen molar-refractivity contribution in [1.29, 1.82) is 0 Å². The minimum Gasteiger partial charge on any atom is -0.350 e. The molecule has 1 aliphatic carbocycles. The molecule has 3 heteroatoms. The number of carbonyl (C=O) groups excluding carboxylic acids is 1. The number of hydrogen-bond acceptors (Lipinski definition) is 2. The van der Waals surface area contributed by atoms with Crippen LogP contribution in [0.15, 0.2) is 30.3 Å². The Hall–Kier alpha value is -1.61. The van der Waals surface area contributed by atoms with Gasteiger partial charge in [0.1, 0.15) is 0 Å². The van der Waals surface area contributed by atoms with E-state index < -0.39 is 0 Å². The van der Waals surface area contributed by atoms with Crippen LogP contribution in [0.3, 0.4) is 0 Å². The summed E-state index contributed by atoms with van der Waals surface area (Å²) in [6.45, 7) is 14.4. The molecule has 0 atom stereocenters. The molecular formula is C23H36N2O. The van der Waals surface area contributed by atoms with Gasteiger partial charge in [-0.2, -0.15) is 0 Å². The number of allylic oxidation sites excluding steroid dienone is 1. The van der Waals surface area contributed by atoms with Crippen LogP contribution in [0.1, 0.15) is 66.4 Å². The van der Waals surface area contributed by atoms with E-state index in [1.807, 2.05) is 19.9 Å². The molecule has 2 aliphatic rings. The van der Waals surface area contributed by atoms with Gasteiger partial charge in [0.05, 0.1) is 0 Å². The lowest BCUT2D eigenvalue weighted by Crippen LogP contribution is -2.42. The van der Waals surface area contributed by atoms with E-state index in [0.717, 1.165) is 37.1 Å². The lowest BCUT2D eigenvalue weighted by atomic mass is 9.74. The van der Waals surface area contributed by atoms with Gasteiger partial charge in [0.25, 0.3) is 5.91 Å². The number of carbonyl (C=O) groups is 1. The maximum Gasteiger partial charge on any atom is 0.251 e. The van der Waals surface area contributed by atoms with Crippen molar-refractivity contribution in [3.63, 3.8) is 0 Å². The minimum atomic E-state index is 0. The lowest BCUT2D eigenvalue weighted by molar-refractivity contribution is -0.116. The second-order valence-electron chi connectivity index (χ2n) is 9.54. The van der Waals surface area contributed by atoms with E-state index in [2.05, 4.69) is 55.3 Å². The fourth-order valence-electron chi connectivity index (χ4n) is 4.19. The Balaban J connectivity index is 0.00000261. The highest BCUT2D eigenvalue weighted by molar-refractivity contribution is 6.21. The average Bonchev–Trinajstić information content (AvgIpc) is 2.88. The van der Waals surface area contributed by atoms with E-state index in [4.69, 9.17) is 0 Å². The van der Waals surface area contributed by atoms with Crippen LogP contribution in [0.2, 0.25) is 0 Å². The molecule has 26 heavy (non-hydrogen) atoms. The van der Waals surface area contributed by atoms with Crippen LogP contribution in [-0.4, -0.2) is 36.5 Å². The van der Waals surface area contributed by atoms with E-state index >= 15 is 0 Å². The highest BCUT2D eigenvalue weighted by Gasteiger charge is 2.41. The monoisotopic (exact) mass is 356 g/mol. The van der Waals surface area contributed by atoms with Crippen molar-refractivity contribution in [2.75, 3.05) is 19.6 Å². The van der Waals surface area contributed by atoms with E-state index in [0.29, 0.717) is 5.41 Å². The summed E-state index contributed by atoms with van der Waals surface area (Å²) >= 11 is 0. The van der Waals surface area contributed by atoms with Gasteiger partial charge in [-0.15, -0.1) is 0 Å². The third kappa shape index (κ3) is 4.03. The largest absolute Gasteiger partial charge is 0.350 e. The standard InChI is InChI=1S/C23H34N2O.H2/c1-17(2)24-21(26)19-16-23(20-9-7-6-8-18(19)20)11-14-25(15-12-23)13-10-22(3,4)5;/h6-9,16-17H,10-15H2,1-5H3,(H,24,26);1H. The first-order valence-electron chi connectivity index (χ1n) is 10.1. The summed E-state index contributed by atoms with van der Waals surface area (Å²) in [5.74, 6) is 0.0690. The van der Waals surface area contributed by atoms with Gasteiger partial charge in [0, 0.05) is 18.5 Å². The molecule has 1 aromatic carbocycles. The third-order valence-corrected chi connectivity index (χ3v) is 5.76. The molecule has 1 saturated heterocycles. The molecule has 1 aromatic rings. The number of hydrogen-bond donors (Lipinski definition) is 1. The van der Waals surface area contributed by atoms with Crippen molar-refractivity contribution < 1.29 is 6.22 Å². The topological polar surface area (TPSA) is 32.3 Å². The van der Waals surface area contributed by atoms with E-state index in [1.54, 1.807) is 0 Å². The molecule has 1 aliphatic heterocycles. The zero-order chi connectivity index (χ0) is 18.9. The molecule has 1 spiro atoms. The zero-order valence-electron chi connectivity index (χ0n) is 17.1. The molecule has 3 nitrogen and oxygen atoms in total. The Morgan fingerprint density at radius 2 is 1.88 bits per heavy atom. The smallest absolute Gasteiger partial charge is 0.251 e. The summed E-state index contributed by atoms with van der Waals surface area (Å²) in [6.07, 6.45) is 5.71. The Bertz CT molecular complexity index is 695. The Morgan fingerprint density at radius 1 is 1.23 bits per heavy atom. The highest BCUT2D eigenvalue weighted by atomic mass is 16.1. The molecule has 0 radical (unpaired) electrons. The van der Waals surface area contributed by atoms with E-state index in [-0.39, 0.29) is 18.8 Å². The predicted octanol–water partition coefficient (Wildman–Crippen LogP) is 4.62. The van der Waals surface area contributed by atoms with Gasteiger partial charge in [0.2, 0.25) is 0 Å². The molecule has 1 amide bonds. The average molecular weight is 357 g/mol. The SMILES string of the molecule is CC(C)NC(=O)C1=CC2(CCN(CCC(C)(C)C)CC2)c2ccccc21.[HH]. The second kappa shape index (κ2) is 7.19. The van der Waals surface area contributed by atoms with Gasteiger partial charge < -0.3 is 10.2 Å². The Labute approximate surface area is 160 Å². The maximum atomic E-state index is 12.7. The molecule has 0 bridgehead atoms. The van der Waals surface area contributed by atoms with Crippen molar-refractivity contribution in [3.8, 4) is 0 Å². The summed E-state index contributed by atoms with van der Waals surface area (Å²) < 4.78 is 0. The number of likely N-dealkylation sites (tertiary alicyclic amines) is 1. The fraction of sp³-hybridized carbons (Fsp3) is 0.609. The summed E-state index contributed by atoms with van der Waals surface area (Å²) in [7, 11) is 0. The number of piperidine rings is 1. The van der Waals surface area contributed by atoms with Gasteiger partial charge in [-0.05, 0) is 69.3 Å². The molecule has 1 fully saturated rings. The van der Waals surface area contributed by atoms with Crippen LogP contribution in [0.25, 0.3) is 5.57 Å². The summed E-state index contributed by atoms with van der Waals surface area (Å²) in [4.78, 5) is 15.3. The van der Waals surface area contributed by atoms with Gasteiger partial charge in [-0.3, -0.25) is 4.79 Å². The Kier molecular flexibility index (Phi) is 5.30. The van der Waals surface area contributed by atoms with Gasteiger partial charge in [0.15, 0.2) is 0 Å². The first kappa shape index (κ1) is 19.2. The molecule has 0 saturated carbocycles. The van der Waals surface area contributed by atoms with E-state index in [9.17, 15) is 4.79 Å². The maximum absolute atomic E-state index is 12.7. The first-order valence-corrected chi connectivity index (χ1v) is 10.1. The number of nitrogens with zero attached hydrogens (tertiary/aromatic N) is 1. The molecule has 1 heterocycles. The highest BCUT2D eigenvalue weighted by Crippen LogP contribution is 2.47. The molecule has 0 aromatic heterocycles. The molecule has 144 valence electrons. The van der Waals surface area contributed by atoms with Gasteiger partial charge in [-0.25, -0.2) is 0 Å². The first-order chi connectivity index (χ1) is 12.2. The van der Waals surface area contributed by atoms with Gasteiger partial charge in [-0.1, -0.05) is 51.1 Å². The molecule has 3 rings (SSSR count). The number of fused-ring (bicyclic) bond motifs is 2. The zero-order valence-corrected chi connectivity index (χ0v) is 17.1. The van der Waals surface area contributed by atoms with E-state index in [1.165, 1.54) is 18.5 Å². The van der Waals surface area contributed by atoms with Crippen LogP contribution < -0.4 is 5.32 Å². The third-order valence-electron chi connectivity index (χ3n) is 5.76. The van der Waals surface area contributed by atoms with Gasteiger partial charge >= 0.3 is 0 Å². The fourth-order valence-corrected chi connectivity index (χ4v) is 4.19.